The van der Waals surface area contributed by atoms with E-state index in [9.17, 15) is 14.7 Å². The summed E-state index contributed by atoms with van der Waals surface area (Å²) in [5.74, 6) is 0. The minimum absolute atomic E-state index is 0.200. The van der Waals surface area contributed by atoms with Gasteiger partial charge in [-0.2, -0.15) is 0 Å². The fourth-order valence-electron chi connectivity index (χ4n) is 3.31. The standard InChI is InChI=1S/C20H27N5O3/c1-13-5-7-15(8-6-13)9-14(2)21-10-16(26)11-25-12-22-18-17(25)19(27)24(4)20(28)23(18)3/h5-8,12,14,16,21,26H,9-11H2,1-4H3. The number of imidazole rings is 1. The smallest absolute Gasteiger partial charge is 0.332 e. The van der Waals surface area contributed by atoms with Crippen molar-refractivity contribution in [3.8, 4) is 0 Å². The largest absolute Gasteiger partial charge is 0.390 e. The molecule has 2 aromatic heterocycles. The number of aliphatic hydroxyl groups is 1. The van der Waals surface area contributed by atoms with Crippen LogP contribution in [0.4, 0.5) is 0 Å². The van der Waals surface area contributed by atoms with Gasteiger partial charge in [0.2, 0.25) is 0 Å². The molecule has 2 N–H and O–H groups in total. The van der Waals surface area contributed by atoms with Gasteiger partial charge in [-0.25, -0.2) is 9.78 Å². The van der Waals surface area contributed by atoms with Crippen LogP contribution < -0.4 is 16.6 Å². The summed E-state index contributed by atoms with van der Waals surface area (Å²) in [7, 11) is 3.01. The van der Waals surface area contributed by atoms with E-state index in [-0.39, 0.29) is 12.6 Å². The second-order valence-corrected chi connectivity index (χ2v) is 7.43. The average molecular weight is 385 g/mol. The zero-order valence-corrected chi connectivity index (χ0v) is 16.7. The van der Waals surface area contributed by atoms with Crippen molar-refractivity contribution in [2.24, 2.45) is 14.1 Å². The van der Waals surface area contributed by atoms with Gasteiger partial charge in [-0.05, 0) is 25.8 Å². The van der Waals surface area contributed by atoms with E-state index in [0.717, 1.165) is 11.0 Å². The van der Waals surface area contributed by atoms with Gasteiger partial charge in [-0.15, -0.1) is 0 Å². The van der Waals surface area contributed by atoms with Gasteiger partial charge >= 0.3 is 5.69 Å². The molecule has 0 fully saturated rings. The van der Waals surface area contributed by atoms with Gasteiger partial charge in [0.25, 0.3) is 5.56 Å². The average Bonchev–Trinajstić information content (AvgIpc) is 3.08. The van der Waals surface area contributed by atoms with Crippen LogP contribution in [0.1, 0.15) is 18.1 Å². The van der Waals surface area contributed by atoms with Gasteiger partial charge in [0.1, 0.15) is 0 Å². The van der Waals surface area contributed by atoms with Gasteiger partial charge in [-0.3, -0.25) is 13.9 Å². The molecule has 2 heterocycles. The van der Waals surface area contributed by atoms with Crippen LogP contribution in [0.2, 0.25) is 0 Å². The summed E-state index contributed by atoms with van der Waals surface area (Å²) >= 11 is 0. The lowest BCUT2D eigenvalue weighted by molar-refractivity contribution is 0.149. The number of nitrogens with one attached hydrogen (secondary N) is 1. The third-order valence-corrected chi connectivity index (χ3v) is 4.99. The van der Waals surface area contributed by atoms with Gasteiger partial charge in [0.05, 0.1) is 19.0 Å². The SMILES string of the molecule is Cc1ccc(CC(C)NCC(O)Cn2cnc3c2c(=O)n(C)c(=O)n3C)cc1. The molecule has 0 aliphatic carbocycles. The fraction of sp³-hybridized carbons (Fsp3) is 0.450. The van der Waals surface area contributed by atoms with Gasteiger partial charge in [0, 0.05) is 26.7 Å². The predicted molar refractivity (Wildman–Crippen MR) is 109 cm³/mol. The van der Waals surface area contributed by atoms with Crippen LogP contribution in [0.3, 0.4) is 0 Å². The van der Waals surface area contributed by atoms with E-state index < -0.39 is 17.4 Å². The van der Waals surface area contributed by atoms with Crippen molar-refractivity contribution in [2.45, 2.75) is 39.0 Å². The summed E-state index contributed by atoms with van der Waals surface area (Å²) in [6, 6.07) is 8.61. The van der Waals surface area contributed by atoms with E-state index in [4.69, 9.17) is 0 Å². The van der Waals surface area contributed by atoms with Crippen molar-refractivity contribution in [2.75, 3.05) is 6.54 Å². The summed E-state index contributed by atoms with van der Waals surface area (Å²) in [5.41, 5.74) is 2.27. The molecule has 1 aromatic carbocycles. The Morgan fingerprint density at radius 3 is 2.50 bits per heavy atom. The Labute approximate surface area is 163 Å². The molecule has 8 heteroatoms. The minimum Gasteiger partial charge on any atom is -0.390 e. The third-order valence-electron chi connectivity index (χ3n) is 4.99. The van der Waals surface area contributed by atoms with E-state index in [1.807, 2.05) is 0 Å². The van der Waals surface area contributed by atoms with E-state index in [2.05, 4.69) is 48.4 Å². The monoisotopic (exact) mass is 385 g/mol. The van der Waals surface area contributed by atoms with Crippen molar-refractivity contribution in [3.63, 3.8) is 0 Å². The molecular weight excluding hydrogens is 358 g/mol. The Bertz CT molecular complexity index is 1080. The Kier molecular flexibility index (Phi) is 5.81. The highest BCUT2D eigenvalue weighted by Crippen LogP contribution is 2.08. The van der Waals surface area contributed by atoms with Crippen LogP contribution in [0.25, 0.3) is 11.2 Å². The molecule has 0 saturated carbocycles. The van der Waals surface area contributed by atoms with Crippen molar-refractivity contribution in [1.82, 2.24) is 24.0 Å². The van der Waals surface area contributed by atoms with Crippen molar-refractivity contribution in [1.29, 1.82) is 0 Å². The van der Waals surface area contributed by atoms with Crippen LogP contribution in [-0.4, -0.2) is 42.5 Å². The number of hydrogen-bond acceptors (Lipinski definition) is 5. The maximum atomic E-state index is 12.4. The molecule has 0 radical (unpaired) electrons. The van der Waals surface area contributed by atoms with Gasteiger partial charge in [-0.1, -0.05) is 29.8 Å². The van der Waals surface area contributed by atoms with Crippen molar-refractivity contribution >= 4 is 11.2 Å². The number of rotatable bonds is 7. The highest BCUT2D eigenvalue weighted by atomic mass is 16.3. The highest BCUT2D eigenvalue weighted by Gasteiger charge is 2.16. The van der Waals surface area contributed by atoms with Crippen molar-refractivity contribution < 1.29 is 5.11 Å². The zero-order chi connectivity index (χ0) is 20.4. The molecule has 2 unspecified atom stereocenters. The Morgan fingerprint density at radius 2 is 1.82 bits per heavy atom. The molecule has 2 atom stereocenters. The maximum Gasteiger partial charge on any atom is 0.332 e. The van der Waals surface area contributed by atoms with Crippen LogP contribution in [-0.2, 0) is 27.1 Å². The zero-order valence-electron chi connectivity index (χ0n) is 16.7. The lowest BCUT2D eigenvalue weighted by Gasteiger charge is -2.18. The lowest BCUT2D eigenvalue weighted by atomic mass is 10.1. The summed E-state index contributed by atoms with van der Waals surface area (Å²) in [4.78, 5) is 28.6. The van der Waals surface area contributed by atoms with E-state index in [1.165, 1.54) is 29.1 Å². The van der Waals surface area contributed by atoms with E-state index >= 15 is 0 Å². The summed E-state index contributed by atoms with van der Waals surface area (Å²) < 4.78 is 3.99. The van der Waals surface area contributed by atoms with Crippen LogP contribution in [0.5, 0.6) is 0 Å². The molecule has 0 bridgehead atoms. The molecule has 8 nitrogen and oxygen atoms in total. The molecule has 0 aliphatic rings. The quantitative estimate of drug-likeness (QED) is 0.611. The fourth-order valence-corrected chi connectivity index (χ4v) is 3.31. The molecule has 0 spiro atoms. The number of aliphatic hydroxyl groups excluding tert-OH is 1. The Balaban J connectivity index is 1.65. The number of benzene rings is 1. The highest BCUT2D eigenvalue weighted by molar-refractivity contribution is 5.69. The predicted octanol–water partition coefficient (Wildman–Crippen LogP) is 0.324. The number of aromatic nitrogens is 4. The number of fused-ring (bicyclic) bond motifs is 1. The lowest BCUT2D eigenvalue weighted by Crippen LogP contribution is -2.39. The number of aryl methyl sites for hydroxylation is 2. The first-order chi connectivity index (χ1) is 13.3. The molecule has 28 heavy (non-hydrogen) atoms. The van der Waals surface area contributed by atoms with Crippen LogP contribution >= 0.6 is 0 Å². The molecule has 0 aliphatic heterocycles. The first-order valence-corrected chi connectivity index (χ1v) is 9.35. The third kappa shape index (κ3) is 4.07. The minimum atomic E-state index is -0.695. The normalized spacial score (nSPS) is 13.8. The number of hydrogen-bond donors (Lipinski definition) is 2. The summed E-state index contributed by atoms with van der Waals surface area (Å²) in [6.07, 6.45) is 1.66. The van der Waals surface area contributed by atoms with E-state index in [0.29, 0.717) is 17.7 Å². The van der Waals surface area contributed by atoms with Gasteiger partial charge in [0.15, 0.2) is 11.2 Å². The molecule has 0 saturated heterocycles. The van der Waals surface area contributed by atoms with Gasteiger partial charge < -0.3 is 15.0 Å². The van der Waals surface area contributed by atoms with E-state index in [1.54, 1.807) is 11.6 Å². The first kappa shape index (κ1) is 20.0. The second-order valence-electron chi connectivity index (χ2n) is 7.43. The van der Waals surface area contributed by atoms with Crippen LogP contribution in [0.15, 0.2) is 40.2 Å². The summed E-state index contributed by atoms with van der Waals surface area (Å²) in [5, 5.41) is 13.8. The second kappa shape index (κ2) is 8.12. The molecule has 3 aromatic rings. The molecule has 150 valence electrons. The van der Waals surface area contributed by atoms with Crippen LogP contribution in [0, 0.1) is 6.92 Å². The topological polar surface area (TPSA) is 94.1 Å². The Hall–Kier alpha value is -2.71. The molecule has 0 amide bonds. The van der Waals surface area contributed by atoms with Crippen molar-refractivity contribution in [3.05, 3.63) is 62.6 Å². The molecular formula is C20H27N5O3. The number of nitrogens with zero attached hydrogens (tertiary/aromatic N) is 4. The Morgan fingerprint density at radius 1 is 1.14 bits per heavy atom. The first-order valence-electron chi connectivity index (χ1n) is 9.35. The summed E-state index contributed by atoms with van der Waals surface area (Å²) in [6.45, 7) is 4.74. The molecule has 3 rings (SSSR count). The maximum absolute atomic E-state index is 12.4.